The van der Waals surface area contributed by atoms with E-state index in [-0.39, 0.29) is 15.5 Å². The van der Waals surface area contributed by atoms with E-state index in [4.69, 9.17) is 23.2 Å². The third-order valence-corrected chi connectivity index (χ3v) is 6.50. The molecule has 0 unspecified atom stereocenters. The highest BCUT2D eigenvalue weighted by Gasteiger charge is 2.21. The fourth-order valence-corrected chi connectivity index (χ4v) is 4.76. The third kappa shape index (κ3) is 5.14. The van der Waals surface area contributed by atoms with Gasteiger partial charge in [-0.2, -0.15) is 0 Å². The van der Waals surface area contributed by atoms with Gasteiger partial charge in [-0.25, -0.2) is 8.42 Å². The van der Waals surface area contributed by atoms with Gasteiger partial charge in [0.2, 0.25) is 0 Å². The maximum absolute atomic E-state index is 12.9. The Balaban J connectivity index is 1.92. The number of nitrogens with one attached hydrogen (secondary N) is 2. The van der Waals surface area contributed by atoms with Gasteiger partial charge in [0.25, 0.3) is 15.9 Å². The van der Waals surface area contributed by atoms with Gasteiger partial charge in [0, 0.05) is 22.0 Å². The summed E-state index contributed by atoms with van der Waals surface area (Å²) in [6.45, 7) is 5.58. The molecule has 0 atom stereocenters. The van der Waals surface area contributed by atoms with Crippen molar-refractivity contribution in [3.8, 4) is 0 Å². The van der Waals surface area contributed by atoms with Crippen molar-refractivity contribution < 1.29 is 13.2 Å². The topological polar surface area (TPSA) is 75.3 Å². The van der Waals surface area contributed by atoms with Gasteiger partial charge in [-0.3, -0.25) is 9.52 Å². The van der Waals surface area contributed by atoms with Gasteiger partial charge >= 0.3 is 0 Å². The smallest absolute Gasteiger partial charge is 0.263 e. The standard InChI is InChI=1S/C22H20Cl2N2O3S/c1-13-8-14(2)10-18(9-13)26-30(28,29)21-11-16(5-7-19(21)24)22(27)25-20-12-17(23)6-4-15(20)3/h4-12,26H,1-3H3,(H,25,27). The first kappa shape index (κ1) is 22.2. The number of sulfonamides is 1. The Bertz CT molecular complexity index is 1220. The van der Waals surface area contributed by atoms with Gasteiger partial charge in [0.15, 0.2) is 0 Å². The molecular weight excluding hydrogens is 443 g/mol. The second-order valence-corrected chi connectivity index (χ2v) is 9.53. The molecule has 0 heterocycles. The summed E-state index contributed by atoms with van der Waals surface area (Å²) >= 11 is 12.1. The predicted octanol–water partition coefficient (Wildman–Crippen LogP) is 5.97. The molecule has 3 aromatic carbocycles. The molecular formula is C22H20Cl2N2O3S. The number of benzene rings is 3. The minimum absolute atomic E-state index is 0.0161. The molecule has 5 nitrogen and oxygen atoms in total. The highest BCUT2D eigenvalue weighted by molar-refractivity contribution is 7.92. The van der Waals surface area contributed by atoms with E-state index >= 15 is 0 Å². The molecule has 0 aliphatic rings. The van der Waals surface area contributed by atoms with Gasteiger partial charge in [0.1, 0.15) is 4.90 Å². The van der Waals surface area contributed by atoms with Crippen molar-refractivity contribution in [1.29, 1.82) is 0 Å². The summed E-state index contributed by atoms with van der Waals surface area (Å²) in [4.78, 5) is 12.5. The lowest BCUT2D eigenvalue weighted by Gasteiger charge is -2.13. The normalized spacial score (nSPS) is 11.2. The van der Waals surface area contributed by atoms with E-state index < -0.39 is 15.9 Å². The van der Waals surface area contributed by atoms with Crippen LogP contribution in [-0.4, -0.2) is 14.3 Å². The lowest BCUT2D eigenvalue weighted by Crippen LogP contribution is -2.17. The molecule has 0 saturated heterocycles. The highest BCUT2D eigenvalue weighted by atomic mass is 35.5. The fourth-order valence-electron chi connectivity index (χ4n) is 3.02. The van der Waals surface area contributed by atoms with Crippen LogP contribution in [0, 0.1) is 20.8 Å². The van der Waals surface area contributed by atoms with E-state index in [1.54, 1.807) is 30.3 Å². The SMILES string of the molecule is Cc1cc(C)cc(NS(=O)(=O)c2cc(C(=O)Nc3cc(Cl)ccc3C)ccc2Cl)c1. The molecule has 0 aromatic heterocycles. The summed E-state index contributed by atoms with van der Waals surface area (Å²) in [5.41, 5.74) is 3.78. The number of carbonyl (C=O) groups excluding carboxylic acids is 1. The zero-order valence-corrected chi connectivity index (χ0v) is 18.9. The van der Waals surface area contributed by atoms with E-state index in [0.29, 0.717) is 16.4 Å². The van der Waals surface area contributed by atoms with Crippen LogP contribution in [-0.2, 0) is 10.0 Å². The highest BCUT2D eigenvalue weighted by Crippen LogP contribution is 2.27. The molecule has 0 fully saturated rings. The van der Waals surface area contributed by atoms with Crippen LogP contribution in [0.2, 0.25) is 10.0 Å². The molecule has 1 amide bonds. The molecule has 3 rings (SSSR count). The number of aryl methyl sites for hydroxylation is 3. The van der Waals surface area contributed by atoms with Crippen LogP contribution in [0.5, 0.6) is 0 Å². The number of rotatable bonds is 5. The summed E-state index contributed by atoms with van der Waals surface area (Å²) in [5, 5.41) is 3.24. The quantitative estimate of drug-likeness (QED) is 0.490. The summed E-state index contributed by atoms with van der Waals surface area (Å²) in [6.07, 6.45) is 0. The van der Waals surface area contributed by atoms with Crippen molar-refractivity contribution in [2.45, 2.75) is 25.7 Å². The van der Waals surface area contributed by atoms with Gasteiger partial charge in [0.05, 0.1) is 5.02 Å². The summed E-state index contributed by atoms with van der Waals surface area (Å²) < 4.78 is 28.4. The molecule has 3 aromatic rings. The van der Waals surface area contributed by atoms with E-state index in [9.17, 15) is 13.2 Å². The second kappa shape index (κ2) is 8.68. The Morgan fingerprint density at radius 3 is 2.20 bits per heavy atom. The van der Waals surface area contributed by atoms with Crippen molar-refractivity contribution in [3.63, 3.8) is 0 Å². The van der Waals surface area contributed by atoms with Crippen LogP contribution >= 0.6 is 23.2 Å². The Labute approximate surface area is 186 Å². The molecule has 2 N–H and O–H groups in total. The average molecular weight is 463 g/mol. The molecule has 0 aliphatic carbocycles. The van der Waals surface area contributed by atoms with Crippen molar-refractivity contribution in [1.82, 2.24) is 0 Å². The lowest BCUT2D eigenvalue weighted by molar-refractivity contribution is 0.102. The van der Waals surface area contributed by atoms with Crippen LogP contribution in [0.25, 0.3) is 0 Å². The molecule has 156 valence electrons. The van der Waals surface area contributed by atoms with Crippen molar-refractivity contribution in [2.75, 3.05) is 10.0 Å². The number of halogens is 2. The summed E-state index contributed by atoms with van der Waals surface area (Å²) in [6, 6.07) is 14.6. The van der Waals surface area contributed by atoms with E-state index in [1.807, 2.05) is 26.8 Å². The number of anilines is 2. The van der Waals surface area contributed by atoms with Crippen LogP contribution in [0.3, 0.4) is 0 Å². The van der Waals surface area contributed by atoms with Crippen molar-refractivity contribution >= 4 is 50.5 Å². The largest absolute Gasteiger partial charge is 0.322 e. The lowest BCUT2D eigenvalue weighted by atomic mass is 10.1. The van der Waals surface area contributed by atoms with Crippen molar-refractivity contribution in [2.24, 2.45) is 0 Å². The number of carbonyl (C=O) groups is 1. The van der Waals surface area contributed by atoms with Gasteiger partial charge in [-0.1, -0.05) is 35.3 Å². The molecule has 8 heteroatoms. The van der Waals surface area contributed by atoms with Crippen molar-refractivity contribution in [3.05, 3.63) is 86.9 Å². The first-order chi connectivity index (χ1) is 14.0. The molecule has 0 bridgehead atoms. The number of hydrogen-bond acceptors (Lipinski definition) is 3. The third-order valence-electron chi connectivity index (χ3n) is 4.40. The number of amides is 1. The first-order valence-electron chi connectivity index (χ1n) is 9.03. The van der Waals surface area contributed by atoms with Crippen LogP contribution < -0.4 is 10.0 Å². The maximum atomic E-state index is 12.9. The maximum Gasteiger partial charge on any atom is 0.263 e. The average Bonchev–Trinajstić information content (AvgIpc) is 2.63. The number of hydrogen-bond donors (Lipinski definition) is 2. The minimum atomic E-state index is -4.00. The Hall–Kier alpha value is -2.54. The van der Waals surface area contributed by atoms with Crippen LogP contribution in [0.1, 0.15) is 27.0 Å². The molecule has 0 spiro atoms. The predicted molar refractivity (Wildman–Crippen MR) is 122 cm³/mol. The molecule has 0 saturated carbocycles. The van der Waals surface area contributed by atoms with E-state index in [2.05, 4.69) is 10.0 Å². The monoisotopic (exact) mass is 462 g/mol. The van der Waals surface area contributed by atoms with Crippen LogP contribution in [0.15, 0.2) is 59.5 Å². The Morgan fingerprint density at radius 1 is 0.867 bits per heavy atom. The molecule has 30 heavy (non-hydrogen) atoms. The molecule has 0 aliphatic heterocycles. The van der Waals surface area contributed by atoms with Gasteiger partial charge < -0.3 is 5.32 Å². The van der Waals surface area contributed by atoms with E-state index in [1.165, 1.54) is 18.2 Å². The molecule has 0 radical (unpaired) electrons. The fraction of sp³-hybridized carbons (Fsp3) is 0.136. The van der Waals surface area contributed by atoms with E-state index in [0.717, 1.165) is 16.7 Å². The summed E-state index contributed by atoms with van der Waals surface area (Å²) in [7, 11) is -4.00. The van der Waals surface area contributed by atoms with Crippen LogP contribution in [0.4, 0.5) is 11.4 Å². The Morgan fingerprint density at radius 2 is 1.53 bits per heavy atom. The first-order valence-corrected chi connectivity index (χ1v) is 11.3. The second-order valence-electron chi connectivity index (χ2n) is 7.04. The zero-order chi connectivity index (χ0) is 22.1. The summed E-state index contributed by atoms with van der Waals surface area (Å²) in [5.74, 6) is -0.472. The van der Waals surface area contributed by atoms with Gasteiger partial charge in [-0.15, -0.1) is 0 Å². The minimum Gasteiger partial charge on any atom is -0.322 e. The Kier molecular flexibility index (Phi) is 6.41. The zero-order valence-electron chi connectivity index (χ0n) is 16.6. The van der Waals surface area contributed by atoms with Gasteiger partial charge in [-0.05, 0) is 79.9 Å².